The van der Waals surface area contributed by atoms with Crippen molar-refractivity contribution in [3.63, 3.8) is 0 Å². The molecule has 1 atom stereocenters. The smallest absolute Gasteiger partial charge is 0.432 e. The first-order valence-electron chi connectivity index (χ1n) is 9.06. The predicted molar refractivity (Wildman–Crippen MR) is 99.1 cm³/mol. The molecule has 156 valence electrons. The van der Waals surface area contributed by atoms with Crippen LogP contribution in [0.1, 0.15) is 32.1 Å². The zero-order valence-electron chi connectivity index (χ0n) is 15.2. The lowest BCUT2D eigenvalue weighted by Gasteiger charge is -2.39. The van der Waals surface area contributed by atoms with Gasteiger partial charge in [0.1, 0.15) is 6.10 Å². The minimum Gasteiger partial charge on any atom is -0.474 e. The Hall–Kier alpha value is -1.66. The van der Waals surface area contributed by atoms with Crippen LogP contribution in [0, 0.1) is 0 Å². The van der Waals surface area contributed by atoms with Gasteiger partial charge in [-0.3, -0.25) is 5.21 Å². The second-order valence-electron chi connectivity index (χ2n) is 6.62. The SMILES string of the molecule is O=C(NO)O[C@@H]1CCCCN1S(=O)(=O)N1CCC(Oc2ccc(Cl)cn2)CC1. The van der Waals surface area contributed by atoms with Crippen LogP contribution in [0.5, 0.6) is 5.88 Å². The van der Waals surface area contributed by atoms with Gasteiger partial charge in [0.05, 0.1) is 5.02 Å². The van der Waals surface area contributed by atoms with E-state index in [1.807, 2.05) is 0 Å². The Morgan fingerprint density at radius 2 is 1.96 bits per heavy atom. The van der Waals surface area contributed by atoms with Crippen LogP contribution < -0.4 is 10.2 Å². The summed E-state index contributed by atoms with van der Waals surface area (Å²) in [6.45, 7) is 0.836. The molecular weight excluding hydrogens is 412 g/mol. The Kier molecular flexibility index (Phi) is 6.94. The van der Waals surface area contributed by atoms with Crippen molar-refractivity contribution < 1.29 is 27.9 Å². The van der Waals surface area contributed by atoms with Crippen molar-refractivity contribution in [3.8, 4) is 5.88 Å². The van der Waals surface area contributed by atoms with Crippen LogP contribution in [-0.4, -0.2) is 65.3 Å². The average Bonchev–Trinajstić information content (AvgIpc) is 2.70. The highest BCUT2D eigenvalue weighted by Gasteiger charge is 2.40. The summed E-state index contributed by atoms with van der Waals surface area (Å²) >= 11 is 5.80. The summed E-state index contributed by atoms with van der Waals surface area (Å²) in [6.07, 6.45) is 2.17. The lowest BCUT2D eigenvalue weighted by atomic mass is 10.1. The molecular formula is C16H23ClN4O6S. The molecule has 0 aliphatic carbocycles. The topological polar surface area (TPSA) is 121 Å². The summed E-state index contributed by atoms with van der Waals surface area (Å²) in [4.78, 5) is 15.4. The molecule has 0 bridgehead atoms. The van der Waals surface area contributed by atoms with Crippen LogP contribution in [0.15, 0.2) is 18.3 Å². The molecule has 0 aromatic carbocycles. The molecule has 2 aliphatic heterocycles. The fourth-order valence-corrected chi connectivity index (χ4v) is 5.22. The number of carbonyl (C=O) groups is 1. The molecule has 12 heteroatoms. The van der Waals surface area contributed by atoms with Gasteiger partial charge < -0.3 is 9.47 Å². The number of pyridine rings is 1. The molecule has 28 heavy (non-hydrogen) atoms. The first-order chi connectivity index (χ1) is 13.4. The first-order valence-corrected chi connectivity index (χ1v) is 10.8. The van der Waals surface area contributed by atoms with Crippen LogP contribution in [0.4, 0.5) is 4.79 Å². The van der Waals surface area contributed by atoms with Crippen molar-refractivity contribution in [2.45, 2.75) is 44.4 Å². The van der Waals surface area contributed by atoms with E-state index in [0.29, 0.717) is 36.6 Å². The Labute approximate surface area is 168 Å². The number of nitrogens with zero attached hydrogens (tertiary/aromatic N) is 3. The minimum atomic E-state index is -3.80. The summed E-state index contributed by atoms with van der Waals surface area (Å²) in [5.74, 6) is 0.449. The Balaban J connectivity index is 1.59. The highest BCUT2D eigenvalue weighted by molar-refractivity contribution is 7.86. The van der Waals surface area contributed by atoms with E-state index in [9.17, 15) is 13.2 Å². The molecule has 2 fully saturated rings. The third kappa shape index (κ3) is 5.03. The number of amides is 1. The number of piperidine rings is 2. The van der Waals surface area contributed by atoms with Crippen LogP contribution in [0.2, 0.25) is 5.02 Å². The molecule has 0 unspecified atom stereocenters. The van der Waals surface area contributed by atoms with E-state index in [1.165, 1.54) is 20.3 Å². The lowest BCUT2D eigenvalue weighted by molar-refractivity contribution is -0.0118. The number of hydroxylamine groups is 1. The fourth-order valence-electron chi connectivity index (χ4n) is 3.34. The van der Waals surface area contributed by atoms with Gasteiger partial charge in [0.2, 0.25) is 5.88 Å². The second-order valence-corrected chi connectivity index (χ2v) is 8.93. The van der Waals surface area contributed by atoms with Crippen molar-refractivity contribution in [2.24, 2.45) is 0 Å². The van der Waals surface area contributed by atoms with E-state index >= 15 is 0 Å². The van der Waals surface area contributed by atoms with Gasteiger partial charge in [0.25, 0.3) is 10.2 Å². The molecule has 1 amide bonds. The highest BCUT2D eigenvalue weighted by atomic mass is 35.5. The van der Waals surface area contributed by atoms with E-state index in [2.05, 4.69) is 4.98 Å². The molecule has 2 aliphatic rings. The Bertz CT molecular complexity index is 770. The molecule has 2 saturated heterocycles. The van der Waals surface area contributed by atoms with Gasteiger partial charge in [0, 0.05) is 31.9 Å². The number of halogens is 1. The third-order valence-electron chi connectivity index (χ3n) is 4.75. The van der Waals surface area contributed by atoms with Gasteiger partial charge in [-0.1, -0.05) is 11.6 Å². The number of ether oxygens (including phenoxy) is 2. The summed E-state index contributed by atoms with van der Waals surface area (Å²) in [7, 11) is -3.80. The maximum absolute atomic E-state index is 13.0. The molecule has 0 radical (unpaired) electrons. The number of nitrogens with one attached hydrogen (secondary N) is 1. The summed E-state index contributed by atoms with van der Waals surface area (Å²) < 4.78 is 39.4. The number of rotatable bonds is 5. The first kappa shape index (κ1) is 21.1. The number of aromatic nitrogens is 1. The Morgan fingerprint density at radius 3 is 2.61 bits per heavy atom. The predicted octanol–water partition coefficient (Wildman–Crippen LogP) is 1.75. The largest absolute Gasteiger partial charge is 0.474 e. The van der Waals surface area contributed by atoms with Crippen molar-refractivity contribution in [1.29, 1.82) is 0 Å². The van der Waals surface area contributed by atoms with Gasteiger partial charge in [-0.2, -0.15) is 17.0 Å². The lowest BCUT2D eigenvalue weighted by Crippen LogP contribution is -2.54. The van der Waals surface area contributed by atoms with Gasteiger partial charge in [-0.25, -0.2) is 15.3 Å². The van der Waals surface area contributed by atoms with Gasteiger partial charge in [-0.15, -0.1) is 0 Å². The van der Waals surface area contributed by atoms with Crippen LogP contribution >= 0.6 is 11.6 Å². The van der Waals surface area contributed by atoms with Crippen molar-refractivity contribution in [1.82, 2.24) is 19.1 Å². The molecule has 0 saturated carbocycles. The Morgan fingerprint density at radius 1 is 1.21 bits per heavy atom. The molecule has 1 aromatic rings. The maximum Gasteiger partial charge on any atom is 0.432 e. The van der Waals surface area contributed by atoms with Crippen LogP contribution in [0.3, 0.4) is 0 Å². The number of hydrogen-bond acceptors (Lipinski definition) is 7. The highest BCUT2D eigenvalue weighted by Crippen LogP contribution is 2.27. The van der Waals surface area contributed by atoms with Gasteiger partial charge >= 0.3 is 6.09 Å². The summed E-state index contributed by atoms with van der Waals surface area (Å²) in [5, 5.41) is 9.15. The van der Waals surface area contributed by atoms with E-state index in [-0.39, 0.29) is 25.7 Å². The molecule has 2 N–H and O–H groups in total. The van der Waals surface area contributed by atoms with Crippen molar-refractivity contribution in [2.75, 3.05) is 19.6 Å². The van der Waals surface area contributed by atoms with Crippen molar-refractivity contribution >= 4 is 27.9 Å². The van der Waals surface area contributed by atoms with E-state index in [1.54, 1.807) is 12.1 Å². The zero-order valence-corrected chi connectivity index (χ0v) is 16.7. The molecule has 3 heterocycles. The molecule has 10 nitrogen and oxygen atoms in total. The van der Waals surface area contributed by atoms with E-state index in [0.717, 1.165) is 6.42 Å². The zero-order chi connectivity index (χ0) is 20.1. The summed E-state index contributed by atoms with van der Waals surface area (Å²) in [5.41, 5.74) is 1.37. The number of hydrogen-bond donors (Lipinski definition) is 2. The number of carbonyl (C=O) groups excluding carboxylic acids is 1. The van der Waals surface area contributed by atoms with Crippen molar-refractivity contribution in [3.05, 3.63) is 23.4 Å². The molecule has 1 aromatic heterocycles. The molecule has 0 spiro atoms. The van der Waals surface area contributed by atoms with Crippen LogP contribution in [-0.2, 0) is 14.9 Å². The quantitative estimate of drug-likeness (QED) is 0.534. The van der Waals surface area contributed by atoms with Gasteiger partial charge in [0.15, 0.2) is 6.23 Å². The average molecular weight is 435 g/mol. The minimum absolute atomic E-state index is 0.145. The fraction of sp³-hybridized carbons (Fsp3) is 0.625. The maximum atomic E-state index is 13.0. The monoisotopic (exact) mass is 434 g/mol. The normalized spacial score (nSPS) is 22.6. The van der Waals surface area contributed by atoms with E-state index in [4.69, 9.17) is 26.3 Å². The van der Waals surface area contributed by atoms with Gasteiger partial charge in [-0.05, 0) is 38.2 Å². The van der Waals surface area contributed by atoms with E-state index < -0.39 is 22.5 Å². The standard InChI is InChI=1S/C16H23ClN4O6S/c17-12-4-5-14(18-11-12)26-13-6-9-20(10-7-13)28(24,25)21-8-2-1-3-15(21)27-16(22)19-23/h4-5,11,13,15,23H,1-3,6-10H2,(H,19,22)/t15-/m1/s1. The van der Waals surface area contributed by atoms with Crippen LogP contribution in [0.25, 0.3) is 0 Å². The molecule has 3 rings (SSSR count). The summed E-state index contributed by atoms with van der Waals surface area (Å²) in [6, 6.07) is 3.36. The third-order valence-corrected chi connectivity index (χ3v) is 7.00. The second kappa shape index (κ2) is 9.23.